The molecule has 4 heteroatoms. The van der Waals surface area contributed by atoms with Crippen molar-refractivity contribution < 1.29 is 0 Å². The van der Waals surface area contributed by atoms with Gasteiger partial charge in [-0.25, -0.2) is 15.0 Å². The van der Waals surface area contributed by atoms with E-state index in [1.807, 2.05) is 49.4 Å². The first kappa shape index (κ1) is 10.7. The van der Waals surface area contributed by atoms with Crippen molar-refractivity contribution in [2.45, 2.75) is 6.92 Å². The number of rotatable bonds is 2. The Labute approximate surface area is 104 Å². The van der Waals surface area contributed by atoms with Gasteiger partial charge in [-0.2, -0.15) is 0 Å². The monoisotopic (exact) mass is 236 g/mol. The van der Waals surface area contributed by atoms with Gasteiger partial charge in [-0.1, -0.05) is 18.2 Å². The molecule has 0 spiro atoms. The molecule has 0 amide bonds. The number of imidazole rings is 1. The second-order valence-electron chi connectivity index (χ2n) is 3.99. The zero-order valence-electron chi connectivity index (χ0n) is 9.96. The Hall–Kier alpha value is -2.49. The summed E-state index contributed by atoms with van der Waals surface area (Å²) in [4.78, 5) is 16.3. The molecule has 0 saturated carbocycles. The van der Waals surface area contributed by atoms with Crippen molar-refractivity contribution in [1.29, 1.82) is 0 Å². The van der Waals surface area contributed by atoms with Crippen LogP contribution in [0.3, 0.4) is 0 Å². The molecule has 0 atom stereocenters. The molecule has 2 heterocycles. The van der Waals surface area contributed by atoms with E-state index < -0.39 is 0 Å². The van der Waals surface area contributed by atoms with E-state index in [2.05, 4.69) is 19.9 Å². The molecule has 4 nitrogen and oxygen atoms in total. The molecule has 0 aliphatic carbocycles. The van der Waals surface area contributed by atoms with Crippen LogP contribution in [0.15, 0.2) is 53.7 Å². The molecule has 88 valence electrons. The Kier molecular flexibility index (Phi) is 2.61. The molecule has 2 aromatic heterocycles. The molecule has 0 bridgehead atoms. The molecule has 1 N–H and O–H groups in total. The first-order valence-electron chi connectivity index (χ1n) is 5.74. The lowest BCUT2D eigenvalue weighted by Crippen LogP contribution is -1.96. The summed E-state index contributed by atoms with van der Waals surface area (Å²) in [6.07, 6.45) is 1.73. The Balaban J connectivity index is 2.01. The lowest BCUT2D eigenvalue weighted by molar-refractivity contribution is 1.25. The molecule has 0 saturated heterocycles. The van der Waals surface area contributed by atoms with Crippen LogP contribution < -0.4 is 0 Å². The van der Waals surface area contributed by atoms with Gasteiger partial charge in [0.05, 0.1) is 16.9 Å². The number of aliphatic imine (C=N–C) groups is 1. The maximum Gasteiger partial charge on any atom is 0.178 e. The zero-order chi connectivity index (χ0) is 12.4. The summed E-state index contributed by atoms with van der Waals surface area (Å²) in [5.41, 5.74) is 3.41. The number of aromatic nitrogens is 3. The van der Waals surface area contributed by atoms with Crippen molar-refractivity contribution >= 4 is 22.6 Å². The van der Waals surface area contributed by atoms with E-state index in [1.165, 1.54) is 0 Å². The molecule has 0 radical (unpaired) electrons. The molecule has 0 aliphatic rings. The van der Waals surface area contributed by atoms with Gasteiger partial charge in [-0.05, 0) is 31.2 Å². The van der Waals surface area contributed by atoms with Crippen LogP contribution in [0.5, 0.6) is 0 Å². The summed E-state index contributed by atoms with van der Waals surface area (Å²) < 4.78 is 0. The van der Waals surface area contributed by atoms with Gasteiger partial charge in [0.1, 0.15) is 0 Å². The molecule has 0 aliphatic heterocycles. The predicted molar refractivity (Wildman–Crippen MR) is 72.2 cm³/mol. The van der Waals surface area contributed by atoms with Crippen LogP contribution >= 0.6 is 0 Å². The molecular weight excluding hydrogens is 224 g/mol. The number of pyridine rings is 1. The molecule has 1 aromatic carbocycles. The highest BCUT2D eigenvalue weighted by Gasteiger charge is 2.05. The Morgan fingerprint density at radius 2 is 1.94 bits per heavy atom. The highest BCUT2D eigenvalue weighted by Crippen LogP contribution is 2.13. The summed E-state index contributed by atoms with van der Waals surface area (Å²) in [7, 11) is 0. The quantitative estimate of drug-likeness (QED) is 0.695. The van der Waals surface area contributed by atoms with Gasteiger partial charge in [0, 0.05) is 6.20 Å². The minimum absolute atomic E-state index is 0.718. The fourth-order valence-electron chi connectivity index (χ4n) is 1.77. The number of para-hydroxylation sites is 1. The first-order valence-corrected chi connectivity index (χ1v) is 5.74. The Morgan fingerprint density at radius 3 is 2.72 bits per heavy atom. The third-order valence-corrected chi connectivity index (χ3v) is 2.65. The number of nitrogens with one attached hydrogen (secondary N) is 1. The maximum atomic E-state index is 4.52. The van der Waals surface area contributed by atoms with E-state index in [0.29, 0.717) is 0 Å². The molecular formula is C14H12N4. The minimum atomic E-state index is 0.718. The van der Waals surface area contributed by atoms with Gasteiger partial charge < -0.3 is 4.98 Å². The summed E-state index contributed by atoms with van der Waals surface area (Å²) in [6, 6.07) is 13.7. The van der Waals surface area contributed by atoms with Crippen molar-refractivity contribution in [2.24, 2.45) is 4.99 Å². The molecule has 3 aromatic rings. The van der Waals surface area contributed by atoms with Gasteiger partial charge >= 0.3 is 0 Å². The van der Waals surface area contributed by atoms with Crippen LogP contribution in [0, 0.1) is 0 Å². The first-order chi connectivity index (χ1) is 8.83. The molecule has 0 fully saturated rings. The number of benzene rings is 1. The third kappa shape index (κ3) is 2.00. The molecule has 3 rings (SSSR count). The van der Waals surface area contributed by atoms with E-state index in [9.17, 15) is 0 Å². The minimum Gasteiger partial charge on any atom is -0.336 e. The standard InChI is InChI=1S/C14H12N4/c1-10(16-11-6-3-2-4-7-11)13-17-12-8-5-9-15-14(12)18-13/h2-9H,1H3,(H,15,17,18). The number of nitrogens with zero attached hydrogens (tertiary/aromatic N) is 3. The summed E-state index contributed by atoms with van der Waals surface area (Å²) in [6.45, 7) is 1.94. The number of hydrogen-bond acceptors (Lipinski definition) is 3. The smallest absolute Gasteiger partial charge is 0.178 e. The average Bonchev–Trinajstić information content (AvgIpc) is 2.84. The lowest BCUT2D eigenvalue weighted by atomic mass is 10.3. The predicted octanol–water partition coefficient (Wildman–Crippen LogP) is 3.10. The van der Waals surface area contributed by atoms with Gasteiger partial charge in [0.15, 0.2) is 11.5 Å². The summed E-state index contributed by atoms with van der Waals surface area (Å²) in [5, 5.41) is 0. The van der Waals surface area contributed by atoms with E-state index in [0.717, 1.165) is 28.4 Å². The van der Waals surface area contributed by atoms with Crippen molar-refractivity contribution in [1.82, 2.24) is 15.0 Å². The lowest BCUT2D eigenvalue weighted by Gasteiger charge is -1.96. The van der Waals surface area contributed by atoms with Crippen molar-refractivity contribution in [3.63, 3.8) is 0 Å². The zero-order valence-corrected chi connectivity index (χ0v) is 9.96. The van der Waals surface area contributed by atoms with Crippen LogP contribution in [0.25, 0.3) is 11.2 Å². The number of aromatic amines is 1. The van der Waals surface area contributed by atoms with E-state index >= 15 is 0 Å². The highest BCUT2D eigenvalue weighted by molar-refractivity contribution is 5.99. The van der Waals surface area contributed by atoms with Gasteiger partial charge in [-0.15, -0.1) is 0 Å². The second kappa shape index (κ2) is 4.41. The van der Waals surface area contributed by atoms with E-state index in [4.69, 9.17) is 0 Å². The summed E-state index contributed by atoms with van der Waals surface area (Å²) >= 11 is 0. The number of hydrogen-bond donors (Lipinski definition) is 1. The van der Waals surface area contributed by atoms with E-state index in [-0.39, 0.29) is 0 Å². The van der Waals surface area contributed by atoms with Crippen LogP contribution in [-0.2, 0) is 0 Å². The van der Waals surface area contributed by atoms with Crippen LogP contribution in [0.1, 0.15) is 12.7 Å². The number of H-pyrrole nitrogens is 1. The third-order valence-electron chi connectivity index (χ3n) is 2.65. The largest absolute Gasteiger partial charge is 0.336 e. The van der Waals surface area contributed by atoms with E-state index in [1.54, 1.807) is 6.20 Å². The average molecular weight is 236 g/mol. The summed E-state index contributed by atoms with van der Waals surface area (Å²) in [5.74, 6) is 0.757. The second-order valence-corrected chi connectivity index (χ2v) is 3.99. The van der Waals surface area contributed by atoms with Crippen LogP contribution in [-0.4, -0.2) is 20.7 Å². The topological polar surface area (TPSA) is 53.9 Å². The molecule has 18 heavy (non-hydrogen) atoms. The highest BCUT2D eigenvalue weighted by atomic mass is 15.0. The van der Waals surface area contributed by atoms with Crippen LogP contribution in [0.4, 0.5) is 5.69 Å². The maximum absolute atomic E-state index is 4.52. The van der Waals surface area contributed by atoms with Gasteiger partial charge in [0.25, 0.3) is 0 Å². The van der Waals surface area contributed by atoms with Gasteiger partial charge in [-0.3, -0.25) is 0 Å². The Bertz CT molecular complexity index is 665. The fourth-order valence-corrected chi connectivity index (χ4v) is 1.77. The number of fused-ring (bicyclic) bond motifs is 1. The van der Waals surface area contributed by atoms with Crippen LogP contribution in [0.2, 0.25) is 0 Å². The van der Waals surface area contributed by atoms with Crippen molar-refractivity contribution in [3.05, 3.63) is 54.5 Å². The van der Waals surface area contributed by atoms with Gasteiger partial charge in [0.2, 0.25) is 0 Å². The van der Waals surface area contributed by atoms with Crippen molar-refractivity contribution in [3.8, 4) is 0 Å². The Morgan fingerprint density at radius 1 is 1.11 bits per heavy atom. The normalized spacial score (nSPS) is 11.9. The molecule has 0 unspecified atom stereocenters. The fraction of sp³-hybridized carbons (Fsp3) is 0.0714. The SMILES string of the molecule is CC(=Nc1ccccc1)c1nc2ncccc2[nH]1. The van der Waals surface area contributed by atoms with Crippen molar-refractivity contribution in [2.75, 3.05) is 0 Å².